The maximum Gasteiger partial charge on any atom is 0.272 e. The number of nitrogens with zero attached hydrogens (tertiary/aromatic N) is 3. The lowest BCUT2D eigenvalue weighted by atomic mass is 10.1. The van der Waals surface area contributed by atoms with Crippen molar-refractivity contribution >= 4 is 66.5 Å². The van der Waals surface area contributed by atoms with Gasteiger partial charge in [0.25, 0.3) is 11.1 Å². The molecule has 10 heteroatoms. The molecule has 0 bridgehead atoms. The van der Waals surface area contributed by atoms with Gasteiger partial charge in [0.05, 0.1) is 16.7 Å². The van der Waals surface area contributed by atoms with Crippen molar-refractivity contribution in [3.05, 3.63) is 72.6 Å². The second kappa shape index (κ2) is 8.23. The van der Waals surface area contributed by atoms with Crippen molar-refractivity contribution in [3.8, 4) is 11.1 Å². The Kier molecular flexibility index (Phi) is 5.43. The maximum absolute atomic E-state index is 12.9. The monoisotopic (exact) mass is 486 g/mol. The smallest absolute Gasteiger partial charge is 0.272 e. The number of halogens is 1. The molecule has 6 nitrogen and oxygen atoms in total. The zero-order valence-electron chi connectivity index (χ0n) is 16.2. The molecule has 31 heavy (non-hydrogen) atoms. The molecule has 1 aromatic carbocycles. The summed E-state index contributed by atoms with van der Waals surface area (Å²) < 4.78 is 2.31. The van der Waals surface area contributed by atoms with Crippen LogP contribution in [0.3, 0.4) is 0 Å². The lowest BCUT2D eigenvalue weighted by Crippen LogP contribution is -2.21. The minimum Gasteiger partial charge on any atom is -0.309 e. The summed E-state index contributed by atoms with van der Waals surface area (Å²) in [4.78, 5) is 38.4. The fourth-order valence-corrected chi connectivity index (χ4v) is 6.29. The third-order valence-corrected chi connectivity index (χ3v) is 7.92. The van der Waals surface area contributed by atoms with Gasteiger partial charge in [-0.15, -0.1) is 22.7 Å². The van der Waals surface area contributed by atoms with Gasteiger partial charge in [0.1, 0.15) is 15.4 Å². The third-order valence-electron chi connectivity index (χ3n) is 4.84. The summed E-state index contributed by atoms with van der Waals surface area (Å²) in [5.74, 6) is 0.935. The van der Waals surface area contributed by atoms with Gasteiger partial charge < -0.3 is 4.98 Å². The molecule has 0 amide bonds. The minimum atomic E-state index is -0.203. The van der Waals surface area contributed by atoms with Crippen LogP contribution in [0.15, 0.2) is 55.8 Å². The summed E-state index contributed by atoms with van der Waals surface area (Å²) in [6.07, 6.45) is 0. The molecule has 4 aromatic heterocycles. The second-order valence-corrected chi connectivity index (χ2v) is 9.81. The molecule has 0 fully saturated rings. The van der Waals surface area contributed by atoms with E-state index in [2.05, 4.69) is 15.0 Å². The van der Waals surface area contributed by atoms with Gasteiger partial charge in [-0.25, -0.2) is 9.97 Å². The van der Waals surface area contributed by atoms with E-state index in [9.17, 15) is 9.59 Å². The van der Waals surface area contributed by atoms with E-state index in [0.29, 0.717) is 48.7 Å². The van der Waals surface area contributed by atoms with Crippen LogP contribution in [0.2, 0.25) is 5.02 Å². The number of thioether (sulfide) groups is 1. The van der Waals surface area contributed by atoms with Crippen molar-refractivity contribution < 1.29 is 0 Å². The average molecular weight is 487 g/mol. The van der Waals surface area contributed by atoms with E-state index in [4.69, 9.17) is 11.6 Å². The molecular weight excluding hydrogens is 472 g/mol. The molecule has 0 spiro atoms. The summed E-state index contributed by atoms with van der Waals surface area (Å²) in [7, 11) is 0. The van der Waals surface area contributed by atoms with Crippen LogP contribution < -0.4 is 11.1 Å². The lowest BCUT2D eigenvalue weighted by Gasteiger charge is -2.09. The maximum atomic E-state index is 12.9. The molecule has 0 aliphatic carbocycles. The molecule has 4 heterocycles. The van der Waals surface area contributed by atoms with Crippen LogP contribution in [-0.2, 0) is 12.3 Å². The number of rotatable bonds is 5. The molecule has 0 atom stereocenters. The summed E-state index contributed by atoms with van der Waals surface area (Å²) in [6, 6.07) is 9.29. The van der Waals surface area contributed by atoms with Crippen molar-refractivity contribution in [1.29, 1.82) is 0 Å². The molecule has 0 unspecified atom stereocenters. The van der Waals surface area contributed by atoms with Crippen molar-refractivity contribution in [1.82, 2.24) is 19.5 Å². The zero-order chi connectivity index (χ0) is 21.5. The summed E-state index contributed by atoms with van der Waals surface area (Å²) >= 11 is 10.5. The fourth-order valence-electron chi connectivity index (χ4n) is 3.39. The molecule has 156 valence electrons. The standard InChI is InChI=1S/C21H15ClN4O2S3/c1-2-26-20(28)17-14(7-8-29-17)23-21(26)31-10-15-24-18(27)16-12(9-30-19(16)25-15)11-5-3-4-6-13(11)22/h3-9H,2,10H2,1H3,(H,24,25,27). The summed E-state index contributed by atoms with van der Waals surface area (Å²) in [5, 5.41) is 5.52. The minimum absolute atomic E-state index is 0.0375. The highest BCUT2D eigenvalue weighted by atomic mass is 35.5. The Balaban J connectivity index is 1.50. The van der Waals surface area contributed by atoms with E-state index in [1.807, 2.05) is 41.9 Å². The Hall–Kier alpha value is -2.46. The Labute approximate surface area is 193 Å². The topological polar surface area (TPSA) is 80.6 Å². The van der Waals surface area contributed by atoms with Gasteiger partial charge >= 0.3 is 0 Å². The second-order valence-electron chi connectivity index (χ2n) is 6.69. The number of fused-ring (bicyclic) bond motifs is 2. The molecule has 0 aliphatic heterocycles. The van der Waals surface area contributed by atoms with Crippen LogP contribution in [0.25, 0.3) is 31.6 Å². The highest BCUT2D eigenvalue weighted by Gasteiger charge is 2.16. The fraction of sp³-hybridized carbons (Fsp3) is 0.143. The first kappa shape index (κ1) is 20.4. The first-order valence-electron chi connectivity index (χ1n) is 9.43. The highest BCUT2D eigenvalue weighted by molar-refractivity contribution is 7.98. The molecule has 5 rings (SSSR count). The average Bonchev–Trinajstić information content (AvgIpc) is 3.40. The van der Waals surface area contributed by atoms with E-state index < -0.39 is 0 Å². The summed E-state index contributed by atoms with van der Waals surface area (Å²) in [5.41, 5.74) is 2.05. The highest BCUT2D eigenvalue weighted by Crippen LogP contribution is 2.35. The number of benzene rings is 1. The Morgan fingerprint density at radius 1 is 1.13 bits per heavy atom. The predicted octanol–water partition coefficient (Wildman–Crippen LogP) is 5.39. The molecule has 0 saturated carbocycles. The number of H-pyrrole nitrogens is 1. The van der Waals surface area contributed by atoms with E-state index in [0.717, 1.165) is 11.1 Å². The molecule has 1 N–H and O–H groups in total. The van der Waals surface area contributed by atoms with Gasteiger partial charge in [-0.05, 0) is 24.4 Å². The normalized spacial score (nSPS) is 11.5. The van der Waals surface area contributed by atoms with Crippen molar-refractivity contribution in [2.75, 3.05) is 0 Å². The Morgan fingerprint density at radius 2 is 1.97 bits per heavy atom. The van der Waals surface area contributed by atoms with Crippen LogP contribution in [0.5, 0.6) is 0 Å². The number of nitrogens with one attached hydrogen (secondary N) is 1. The SMILES string of the molecule is CCn1c(SCc2nc3scc(-c4ccccc4Cl)c3c(=O)[nH]2)nc2ccsc2c1=O. The van der Waals surface area contributed by atoms with Gasteiger partial charge in [-0.3, -0.25) is 14.2 Å². The quantitative estimate of drug-likeness (QED) is 0.266. The van der Waals surface area contributed by atoms with E-state index >= 15 is 0 Å². The first-order chi connectivity index (χ1) is 15.1. The van der Waals surface area contributed by atoms with Gasteiger partial charge in [0.2, 0.25) is 0 Å². The first-order valence-corrected chi connectivity index (χ1v) is 12.5. The molecule has 0 saturated heterocycles. The largest absolute Gasteiger partial charge is 0.309 e. The number of thiophene rings is 2. The Morgan fingerprint density at radius 3 is 2.77 bits per heavy atom. The van der Waals surface area contributed by atoms with Crippen molar-refractivity contribution in [2.24, 2.45) is 0 Å². The molecule has 0 aliphatic rings. The van der Waals surface area contributed by atoms with E-state index in [-0.39, 0.29) is 11.1 Å². The van der Waals surface area contributed by atoms with Crippen molar-refractivity contribution in [2.45, 2.75) is 24.4 Å². The number of aromatic nitrogens is 4. The van der Waals surface area contributed by atoms with Gasteiger partial charge in [0, 0.05) is 28.1 Å². The van der Waals surface area contributed by atoms with Crippen molar-refractivity contribution in [3.63, 3.8) is 0 Å². The van der Waals surface area contributed by atoms with Gasteiger partial charge in [-0.1, -0.05) is 41.6 Å². The summed E-state index contributed by atoms with van der Waals surface area (Å²) in [6.45, 7) is 2.44. The number of hydrogen-bond acceptors (Lipinski definition) is 7. The van der Waals surface area contributed by atoms with Crippen LogP contribution >= 0.6 is 46.0 Å². The molecule has 5 aromatic rings. The zero-order valence-corrected chi connectivity index (χ0v) is 19.4. The predicted molar refractivity (Wildman–Crippen MR) is 130 cm³/mol. The lowest BCUT2D eigenvalue weighted by molar-refractivity contribution is 0.635. The Bertz CT molecular complexity index is 1550. The van der Waals surface area contributed by atoms with Crippen LogP contribution in [0.1, 0.15) is 12.7 Å². The van der Waals surface area contributed by atoms with Gasteiger partial charge in [-0.2, -0.15) is 0 Å². The van der Waals surface area contributed by atoms with Crippen LogP contribution in [-0.4, -0.2) is 19.5 Å². The third kappa shape index (κ3) is 3.61. The van der Waals surface area contributed by atoms with Gasteiger partial charge in [0.15, 0.2) is 5.16 Å². The molecular formula is C21H15ClN4O2S3. The number of aromatic amines is 1. The van der Waals surface area contributed by atoms with Crippen LogP contribution in [0.4, 0.5) is 0 Å². The van der Waals surface area contributed by atoms with E-state index in [1.54, 1.807) is 10.6 Å². The number of hydrogen-bond donors (Lipinski definition) is 1. The van der Waals surface area contributed by atoms with Crippen LogP contribution in [0, 0.1) is 0 Å². The molecule has 0 radical (unpaired) electrons. The van der Waals surface area contributed by atoms with E-state index in [1.165, 1.54) is 34.4 Å².